The molecule has 5 rings (SSSR count). The van der Waals surface area contributed by atoms with Crippen molar-refractivity contribution in [3.05, 3.63) is 76.5 Å². The van der Waals surface area contributed by atoms with Crippen LogP contribution < -0.4 is 4.90 Å². The van der Waals surface area contributed by atoms with E-state index in [1.54, 1.807) is 39.0 Å². The zero-order valence-electron chi connectivity index (χ0n) is 26.2. The Hall–Kier alpha value is -4.27. The quantitative estimate of drug-likeness (QED) is 0.284. The number of pyridine rings is 2. The van der Waals surface area contributed by atoms with Crippen LogP contribution in [0.2, 0.25) is 0 Å². The van der Waals surface area contributed by atoms with Crippen LogP contribution in [0.3, 0.4) is 0 Å². The van der Waals surface area contributed by atoms with Crippen LogP contribution in [0.1, 0.15) is 71.8 Å². The summed E-state index contributed by atoms with van der Waals surface area (Å²) >= 11 is 0. The van der Waals surface area contributed by atoms with Gasteiger partial charge in [0, 0.05) is 48.9 Å². The predicted octanol–water partition coefficient (Wildman–Crippen LogP) is 6.60. The third-order valence-corrected chi connectivity index (χ3v) is 8.68. The summed E-state index contributed by atoms with van der Waals surface area (Å²) in [4.78, 5) is 38.8. The van der Waals surface area contributed by atoms with Crippen molar-refractivity contribution in [2.75, 3.05) is 25.0 Å². The van der Waals surface area contributed by atoms with Crippen LogP contribution in [0.5, 0.6) is 0 Å². The number of nitrogens with zero attached hydrogens (tertiary/aromatic N) is 5. The first-order valence-electron chi connectivity index (χ1n) is 14.7. The molecule has 1 aliphatic rings. The van der Waals surface area contributed by atoms with Crippen molar-refractivity contribution < 1.29 is 19.1 Å². The van der Waals surface area contributed by atoms with E-state index in [1.807, 2.05) is 36.3 Å². The fraction of sp³-hybridized carbons (Fsp3) is 0.412. The molecule has 4 heterocycles. The van der Waals surface area contributed by atoms with E-state index >= 15 is 0 Å². The molecule has 9 heteroatoms. The summed E-state index contributed by atoms with van der Waals surface area (Å²) in [6, 6.07) is 10.9. The molecule has 8 nitrogen and oxygen atoms in total. The molecule has 1 aromatic carbocycles. The normalized spacial score (nSPS) is 17.4. The molecule has 3 aromatic heterocycles. The Labute approximate surface area is 252 Å². The molecule has 1 saturated heterocycles. The van der Waals surface area contributed by atoms with Gasteiger partial charge in [-0.3, -0.25) is 4.79 Å². The summed E-state index contributed by atoms with van der Waals surface area (Å²) in [5.41, 5.74) is 4.43. The Morgan fingerprint density at radius 1 is 1.05 bits per heavy atom. The Morgan fingerprint density at radius 3 is 2.37 bits per heavy atom. The number of aromatic nitrogens is 3. The lowest BCUT2D eigenvalue weighted by Gasteiger charge is -2.41. The molecule has 4 aromatic rings. The minimum atomic E-state index is -0.973. The van der Waals surface area contributed by atoms with Crippen molar-refractivity contribution in [1.29, 1.82) is 0 Å². The minimum Gasteiger partial charge on any atom is -0.478 e. The highest BCUT2D eigenvalue weighted by atomic mass is 19.1. The number of benzene rings is 1. The largest absolute Gasteiger partial charge is 0.478 e. The van der Waals surface area contributed by atoms with Crippen molar-refractivity contribution in [3.63, 3.8) is 0 Å². The van der Waals surface area contributed by atoms with Crippen molar-refractivity contribution >= 4 is 28.7 Å². The number of carboxylic acids is 1. The summed E-state index contributed by atoms with van der Waals surface area (Å²) in [5, 5.41) is 10.4. The van der Waals surface area contributed by atoms with Gasteiger partial charge in [0.15, 0.2) is 0 Å². The van der Waals surface area contributed by atoms with Crippen molar-refractivity contribution in [2.24, 2.45) is 5.92 Å². The van der Waals surface area contributed by atoms with Gasteiger partial charge >= 0.3 is 5.97 Å². The fourth-order valence-electron chi connectivity index (χ4n) is 6.26. The number of piperidine rings is 1. The monoisotopic (exact) mass is 585 g/mol. The van der Waals surface area contributed by atoms with Crippen LogP contribution in [0.15, 0.2) is 42.6 Å². The van der Waals surface area contributed by atoms with Gasteiger partial charge in [0.25, 0.3) is 5.91 Å². The third kappa shape index (κ3) is 5.60. The highest BCUT2D eigenvalue weighted by Gasteiger charge is 2.33. The van der Waals surface area contributed by atoms with Gasteiger partial charge < -0.3 is 19.5 Å². The molecule has 1 fully saturated rings. The number of hydrogen-bond acceptors (Lipinski definition) is 5. The maximum absolute atomic E-state index is 14.5. The van der Waals surface area contributed by atoms with Gasteiger partial charge in [0.05, 0.1) is 11.3 Å². The van der Waals surface area contributed by atoms with E-state index in [0.717, 1.165) is 28.8 Å². The summed E-state index contributed by atoms with van der Waals surface area (Å²) < 4.78 is 16.5. The molecule has 226 valence electrons. The second-order valence-electron chi connectivity index (χ2n) is 12.9. The molecule has 0 saturated carbocycles. The summed E-state index contributed by atoms with van der Waals surface area (Å²) in [5.74, 6) is -0.463. The molecule has 1 aliphatic heterocycles. The number of hydrogen-bond donors (Lipinski definition) is 1. The topological polar surface area (TPSA) is 91.6 Å². The fourth-order valence-corrected chi connectivity index (χ4v) is 6.26. The average molecular weight is 586 g/mol. The lowest BCUT2D eigenvalue weighted by Crippen LogP contribution is -2.51. The Morgan fingerprint density at radius 2 is 1.77 bits per heavy atom. The maximum atomic E-state index is 14.5. The number of fused-ring (bicyclic) bond motifs is 1. The lowest BCUT2D eigenvalue weighted by atomic mass is 9.92. The van der Waals surface area contributed by atoms with Gasteiger partial charge in [0.2, 0.25) is 0 Å². The Balaban J connectivity index is 1.40. The van der Waals surface area contributed by atoms with Crippen LogP contribution in [0.25, 0.3) is 22.2 Å². The van der Waals surface area contributed by atoms with E-state index in [0.29, 0.717) is 41.3 Å². The van der Waals surface area contributed by atoms with Crippen LogP contribution in [0.4, 0.5) is 10.2 Å². The number of amides is 1. The lowest BCUT2D eigenvalue weighted by molar-refractivity contribution is 0.0654. The van der Waals surface area contributed by atoms with E-state index in [1.165, 1.54) is 0 Å². The van der Waals surface area contributed by atoms with E-state index < -0.39 is 5.97 Å². The average Bonchev–Trinajstić information content (AvgIpc) is 3.32. The maximum Gasteiger partial charge on any atom is 0.337 e. The number of aromatic carboxylic acids is 1. The molecular formula is C34H40FN5O3. The van der Waals surface area contributed by atoms with E-state index in [2.05, 4.69) is 42.1 Å². The molecule has 43 heavy (non-hydrogen) atoms. The van der Waals surface area contributed by atoms with Crippen LogP contribution in [0, 0.1) is 32.5 Å². The number of carbonyl (C=O) groups excluding carboxylic acids is 1. The summed E-state index contributed by atoms with van der Waals surface area (Å²) in [7, 11) is 1.98. The molecule has 1 N–H and O–H groups in total. The van der Waals surface area contributed by atoms with E-state index in [4.69, 9.17) is 4.98 Å². The minimum absolute atomic E-state index is 0.116. The van der Waals surface area contributed by atoms with Crippen molar-refractivity contribution in [3.8, 4) is 11.1 Å². The number of anilines is 1. The van der Waals surface area contributed by atoms with Gasteiger partial charge in [-0.05, 0) is 94.8 Å². The van der Waals surface area contributed by atoms with E-state index in [9.17, 15) is 19.1 Å². The number of halogens is 1. The van der Waals surface area contributed by atoms with Crippen LogP contribution in [-0.2, 0) is 5.54 Å². The van der Waals surface area contributed by atoms with Gasteiger partial charge in [0.1, 0.15) is 23.0 Å². The first kappa shape index (κ1) is 30.2. The summed E-state index contributed by atoms with van der Waals surface area (Å²) in [6.45, 7) is 14.8. The van der Waals surface area contributed by atoms with Gasteiger partial charge in [-0.25, -0.2) is 19.2 Å². The zero-order chi connectivity index (χ0) is 31.4. The standard InChI is InChI=1S/C34H40FN5O3/c1-19-9-10-23(16-26(19)35)25-18-40(34(5,6)7)31-24(25)11-12-27(37-31)32(41)39-14-13-28(21(3)17-39)38(8)29-15-20(2)30(33(42)43)22(4)36-29/h9-12,15-16,18,21,28H,13-14,17H2,1-8H3,(H,42,43). The number of aryl methyl sites for hydroxylation is 3. The van der Waals surface area contributed by atoms with Gasteiger partial charge in [-0.1, -0.05) is 19.1 Å². The SMILES string of the molecule is Cc1ccc(-c2cn(C(C)(C)C)c3nc(C(=O)N4CCC(N(C)c5cc(C)c(C(=O)O)c(C)n5)C(C)C4)ccc23)cc1F. The van der Waals surface area contributed by atoms with Gasteiger partial charge in [-0.15, -0.1) is 0 Å². The van der Waals surface area contributed by atoms with Gasteiger partial charge in [-0.2, -0.15) is 0 Å². The molecular weight excluding hydrogens is 545 g/mol. The van der Waals surface area contributed by atoms with Crippen molar-refractivity contribution in [1.82, 2.24) is 19.4 Å². The second-order valence-corrected chi connectivity index (χ2v) is 12.9. The summed E-state index contributed by atoms with van der Waals surface area (Å²) in [6.07, 6.45) is 2.74. The highest BCUT2D eigenvalue weighted by Crippen LogP contribution is 2.35. The highest BCUT2D eigenvalue weighted by molar-refractivity contribution is 5.99. The molecule has 0 spiro atoms. The molecule has 2 atom stereocenters. The van der Waals surface area contributed by atoms with Crippen LogP contribution in [-0.4, -0.2) is 62.6 Å². The predicted molar refractivity (Wildman–Crippen MR) is 167 cm³/mol. The molecule has 1 amide bonds. The number of likely N-dealkylation sites (tertiary alicyclic amines) is 1. The first-order valence-corrected chi connectivity index (χ1v) is 14.7. The molecule has 0 bridgehead atoms. The molecule has 2 unspecified atom stereocenters. The van der Waals surface area contributed by atoms with Crippen LogP contribution >= 0.6 is 0 Å². The number of carbonyl (C=O) groups is 2. The third-order valence-electron chi connectivity index (χ3n) is 8.68. The molecule has 0 aliphatic carbocycles. The van der Waals surface area contributed by atoms with E-state index in [-0.39, 0.29) is 34.8 Å². The zero-order valence-corrected chi connectivity index (χ0v) is 26.2. The number of rotatable bonds is 5. The Bertz CT molecular complexity index is 1720. The number of carboxylic acid groups (broad SMARTS) is 1. The Kier molecular flexibility index (Phi) is 7.79. The first-order chi connectivity index (χ1) is 20.2. The van der Waals surface area contributed by atoms with Crippen molar-refractivity contribution in [2.45, 2.75) is 66.5 Å². The smallest absolute Gasteiger partial charge is 0.337 e. The molecule has 0 radical (unpaired) electrons. The second kappa shape index (κ2) is 11.1.